The predicted molar refractivity (Wildman–Crippen MR) is 104 cm³/mol. The van der Waals surface area contributed by atoms with Gasteiger partial charge in [-0.2, -0.15) is 5.10 Å². The quantitative estimate of drug-likeness (QED) is 0.547. The van der Waals surface area contributed by atoms with Crippen molar-refractivity contribution in [3.8, 4) is 5.69 Å². The van der Waals surface area contributed by atoms with Crippen molar-refractivity contribution in [2.45, 2.75) is 46.2 Å². The molecule has 1 aliphatic rings. The maximum Gasteiger partial charge on any atom is 0.292 e. The molecule has 2 aromatic heterocycles. The lowest BCUT2D eigenvalue weighted by atomic mass is 10.1. The number of imidazole rings is 1. The van der Waals surface area contributed by atoms with Crippen molar-refractivity contribution in [1.29, 1.82) is 0 Å². The molecule has 1 aromatic carbocycles. The number of hydrogen-bond donors (Lipinski definition) is 1. The van der Waals surface area contributed by atoms with E-state index in [-0.39, 0.29) is 6.54 Å². The van der Waals surface area contributed by atoms with Crippen molar-refractivity contribution >= 4 is 11.7 Å². The number of ketones is 1. The molecule has 0 fully saturated rings. The van der Waals surface area contributed by atoms with Crippen LogP contribution in [0.1, 0.15) is 46.1 Å². The largest absolute Gasteiger partial charge is 0.343 e. The minimum absolute atomic E-state index is 0.246. The molecule has 0 unspecified atom stereocenters. The molecule has 0 spiro atoms. The molecule has 4 rings (SSSR count). The van der Waals surface area contributed by atoms with Gasteiger partial charge in [0, 0.05) is 19.2 Å². The van der Waals surface area contributed by atoms with Crippen LogP contribution in [0.4, 0.5) is 0 Å². The maximum atomic E-state index is 12.8. The minimum atomic E-state index is -0.634. The van der Waals surface area contributed by atoms with E-state index >= 15 is 0 Å². The van der Waals surface area contributed by atoms with Crippen molar-refractivity contribution in [1.82, 2.24) is 24.6 Å². The summed E-state index contributed by atoms with van der Waals surface area (Å²) in [4.78, 5) is 29.8. The highest BCUT2D eigenvalue weighted by molar-refractivity contribution is 6.43. The number of benzene rings is 1. The van der Waals surface area contributed by atoms with Gasteiger partial charge in [-0.3, -0.25) is 9.59 Å². The van der Waals surface area contributed by atoms with Gasteiger partial charge >= 0.3 is 0 Å². The van der Waals surface area contributed by atoms with Gasteiger partial charge < -0.3 is 9.88 Å². The van der Waals surface area contributed by atoms with Crippen LogP contribution in [0.2, 0.25) is 0 Å². The molecule has 7 nitrogen and oxygen atoms in total. The van der Waals surface area contributed by atoms with Crippen molar-refractivity contribution in [2.75, 3.05) is 0 Å². The Kier molecular flexibility index (Phi) is 4.81. The molecule has 1 aliphatic heterocycles. The minimum Gasteiger partial charge on any atom is -0.343 e. The molecule has 0 radical (unpaired) electrons. The molecule has 28 heavy (non-hydrogen) atoms. The summed E-state index contributed by atoms with van der Waals surface area (Å²) in [5, 5.41) is 7.15. The highest BCUT2D eigenvalue weighted by Gasteiger charge is 2.25. The fourth-order valence-corrected chi connectivity index (χ4v) is 3.71. The van der Waals surface area contributed by atoms with Gasteiger partial charge in [0.15, 0.2) is 0 Å². The predicted octanol–water partition coefficient (Wildman–Crippen LogP) is 2.52. The Morgan fingerprint density at radius 2 is 1.93 bits per heavy atom. The molecule has 0 saturated carbocycles. The first-order valence-corrected chi connectivity index (χ1v) is 9.53. The van der Waals surface area contributed by atoms with E-state index in [1.807, 2.05) is 36.5 Å². The number of nitrogens with zero attached hydrogens (tertiary/aromatic N) is 4. The van der Waals surface area contributed by atoms with Gasteiger partial charge in [-0.1, -0.05) is 18.2 Å². The van der Waals surface area contributed by atoms with Crippen LogP contribution in [-0.2, 0) is 24.3 Å². The van der Waals surface area contributed by atoms with Gasteiger partial charge in [0.05, 0.1) is 34.9 Å². The first-order chi connectivity index (χ1) is 13.5. The zero-order valence-corrected chi connectivity index (χ0v) is 16.1. The Morgan fingerprint density at radius 3 is 2.68 bits per heavy atom. The number of aromatic nitrogens is 4. The Balaban J connectivity index is 1.49. The summed E-state index contributed by atoms with van der Waals surface area (Å²) in [6.45, 7) is 4.76. The third kappa shape index (κ3) is 3.35. The van der Waals surface area contributed by atoms with Gasteiger partial charge in [-0.15, -0.1) is 0 Å². The van der Waals surface area contributed by atoms with Crippen LogP contribution in [0.5, 0.6) is 0 Å². The first-order valence-electron chi connectivity index (χ1n) is 9.53. The van der Waals surface area contributed by atoms with Crippen LogP contribution in [-0.4, -0.2) is 31.0 Å². The summed E-state index contributed by atoms with van der Waals surface area (Å²) in [5.74, 6) is -0.149. The highest BCUT2D eigenvalue weighted by Crippen LogP contribution is 2.19. The summed E-state index contributed by atoms with van der Waals surface area (Å²) >= 11 is 0. The normalized spacial score (nSPS) is 13.2. The number of para-hydroxylation sites is 1. The van der Waals surface area contributed by atoms with Gasteiger partial charge in [0.1, 0.15) is 5.82 Å². The van der Waals surface area contributed by atoms with Gasteiger partial charge in [-0.25, -0.2) is 9.67 Å². The molecule has 1 N–H and O–H groups in total. The summed E-state index contributed by atoms with van der Waals surface area (Å²) in [7, 11) is 0. The van der Waals surface area contributed by atoms with Gasteiger partial charge in [0.25, 0.3) is 11.7 Å². The van der Waals surface area contributed by atoms with Crippen molar-refractivity contribution in [2.24, 2.45) is 0 Å². The smallest absolute Gasteiger partial charge is 0.292 e. The Hall–Kier alpha value is -3.22. The van der Waals surface area contributed by atoms with Crippen molar-refractivity contribution in [3.63, 3.8) is 0 Å². The Morgan fingerprint density at radius 1 is 1.14 bits per heavy atom. The summed E-state index contributed by atoms with van der Waals surface area (Å²) in [5.41, 5.74) is 3.18. The molecule has 0 aliphatic carbocycles. The molecule has 3 aromatic rings. The molecule has 7 heteroatoms. The molecule has 1 amide bonds. The number of rotatable bonds is 5. The van der Waals surface area contributed by atoms with E-state index in [9.17, 15) is 9.59 Å². The van der Waals surface area contributed by atoms with Crippen LogP contribution >= 0.6 is 0 Å². The standard InChI is InChI=1S/C21H23N5O2/c1-14-19(15(2)26(24-14)17-8-4-3-5-9-17)20(27)21(28)22-12-16-13-25-11-7-6-10-18(25)23-16/h3-5,8-9,13H,6-7,10-12H2,1-2H3,(H,22,28). The number of Topliss-reactive ketones (excluding diaryl/α,β-unsaturated/α-hetero) is 1. The molecule has 0 atom stereocenters. The fourth-order valence-electron chi connectivity index (χ4n) is 3.71. The molecule has 3 heterocycles. The van der Waals surface area contributed by atoms with E-state index in [1.165, 1.54) is 0 Å². The molecule has 144 valence electrons. The lowest BCUT2D eigenvalue weighted by Gasteiger charge is -2.11. The first kappa shape index (κ1) is 18.2. The van der Waals surface area contributed by atoms with E-state index in [4.69, 9.17) is 0 Å². The number of carbonyl (C=O) groups is 2. The zero-order valence-electron chi connectivity index (χ0n) is 16.1. The van der Waals surface area contributed by atoms with Crippen molar-refractivity contribution in [3.05, 3.63) is 65.0 Å². The van der Waals surface area contributed by atoms with E-state index in [2.05, 4.69) is 20.0 Å². The second kappa shape index (κ2) is 7.42. The number of nitrogens with one attached hydrogen (secondary N) is 1. The van der Waals surface area contributed by atoms with Crippen LogP contribution in [0, 0.1) is 13.8 Å². The monoisotopic (exact) mass is 377 g/mol. The number of fused-ring (bicyclic) bond motifs is 1. The zero-order chi connectivity index (χ0) is 19.7. The number of amides is 1. The molecular formula is C21H23N5O2. The topological polar surface area (TPSA) is 81.8 Å². The summed E-state index contributed by atoms with van der Waals surface area (Å²) in [6, 6.07) is 9.56. The second-order valence-electron chi connectivity index (χ2n) is 7.10. The highest BCUT2D eigenvalue weighted by atomic mass is 16.2. The van der Waals surface area contributed by atoms with Gasteiger partial charge in [-0.05, 0) is 38.8 Å². The van der Waals surface area contributed by atoms with Crippen LogP contribution in [0.3, 0.4) is 0 Å². The molecule has 0 saturated heterocycles. The van der Waals surface area contributed by atoms with Crippen LogP contribution < -0.4 is 5.32 Å². The van der Waals surface area contributed by atoms with Crippen LogP contribution in [0.25, 0.3) is 5.69 Å². The number of carbonyl (C=O) groups excluding carboxylic acids is 2. The maximum absolute atomic E-state index is 12.8. The Labute approximate surface area is 163 Å². The second-order valence-corrected chi connectivity index (χ2v) is 7.10. The van der Waals surface area contributed by atoms with Gasteiger partial charge in [0.2, 0.25) is 0 Å². The average Bonchev–Trinajstić information content (AvgIpc) is 3.26. The third-order valence-electron chi connectivity index (χ3n) is 5.11. The van der Waals surface area contributed by atoms with E-state index in [0.717, 1.165) is 43.0 Å². The summed E-state index contributed by atoms with van der Waals surface area (Å²) in [6.07, 6.45) is 5.22. The van der Waals surface area contributed by atoms with Crippen LogP contribution in [0.15, 0.2) is 36.5 Å². The lowest BCUT2D eigenvalue weighted by molar-refractivity contribution is -0.117. The fraction of sp³-hybridized carbons (Fsp3) is 0.333. The van der Waals surface area contributed by atoms with E-state index in [0.29, 0.717) is 17.0 Å². The molecular weight excluding hydrogens is 354 g/mol. The average molecular weight is 377 g/mol. The number of hydrogen-bond acceptors (Lipinski definition) is 4. The van der Waals surface area contributed by atoms with Crippen molar-refractivity contribution < 1.29 is 9.59 Å². The Bertz CT molecular complexity index is 1010. The van der Waals surface area contributed by atoms with E-state index < -0.39 is 11.7 Å². The third-order valence-corrected chi connectivity index (χ3v) is 5.11. The summed E-state index contributed by atoms with van der Waals surface area (Å²) < 4.78 is 3.82. The lowest BCUT2D eigenvalue weighted by Crippen LogP contribution is -2.31. The SMILES string of the molecule is Cc1nn(-c2ccccc2)c(C)c1C(=O)C(=O)NCc1cn2c(n1)CCCC2. The molecule has 0 bridgehead atoms. The number of aryl methyl sites for hydroxylation is 3. The van der Waals surface area contributed by atoms with E-state index in [1.54, 1.807) is 18.5 Å².